The van der Waals surface area contributed by atoms with Crippen molar-refractivity contribution in [2.24, 2.45) is 4.99 Å². The van der Waals surface area contributed by atoms with E-state index in [-0.39, 0.29) is 11.2 Å². The number of fused-ring (bicyclic) bond motifs is 2. The molecule has 2 aromatic heterocycles. The van der Waals surface area contributed by atoms with Crippen LogP contribution in [0, 0.1) is 13.8 Å². The number of aryl methyl sites for hydroxylation is 2. The van der Waals surface area contributed by atoms with Crippen molar-refractivity contribution >= 4 is 38.4 Å². The Morgan fingerprint density at radius 3 is 2.79 bits per heavy atom. The first-order valence-electron chi connectivity index (χ1n) is 9.19. The number of carbonyl (C=O) groups excluding carboxylic acids is 1. The molecular formula is C22H20N2O4S. The lowest BCUT2D eigenvalue weighted by atomic mass is 10.1. The topological polar surface area (TPSA) is 73.8 Å². The van der Waals surface area contributed by atoms with Crippen LogP contribution >= 0.6 is 11.3 Å². The molecule has 0 N–H and O–H groups in total. The van der Waals surface area contributed by atoms with Crippen LogP contribution in [0.4, 0.5) is 0 Å². The molecule has 0 bridgehead atoms. The Labute approximate surface area is 170 Å². The maximum atomic E-state index is 12.8. The van der Waals surface area contributed by atoms with Gasteiger partial charge in [0.2, 0.25) is 0 Å². The number of nitrogens with zero attached hydrogens (tertiary/aromatic N) is 2. The zero-order chi connectivity index (χ0) is 20.5. The predicted molar refractivity (Wildman–Crippen MR) is 114 cm³/mol. The molecule has 0 saturated heterocycles. The molecule has 148 valence electrons. The standard InChI is InChI=1S/C22H20N2O4S/c1-13-10-14(2)20-16(11-13)24(8-9-27-3)22(29-20)23-21(26)19-12-17(25)15-6-4-5-7-18(15)28-19/h4-7,10-12H,8-9H2,1-3H3. The Hall–Kier alpha value is -3.03. The number of hydrogen-bond donors (Lipinski definition) is 0. The predicted octanol–water partition coefficient (Wildman–Crippen LogP) is 3.81. The summed E-state index contributed by atoms with van der Waals surface area (Å²) in [5, 5.41) is 0.437. The number of hydrogen-bond acceptors (Lipinski definition) is 5. The van der Waals surface area contributed by atoms with Gasteiger partial charge in [-0.2, -0.15) is 4.99 Å². The van der Waals surface area contributed by atoms with Crippen LogP contribution in [0.1, 0.15) is 21.7 Å². The van der Waals surface area contributed by atoms with Crippen LogP contribution in [0.3, 0.4) is 0 Å². The molecule has 2 heterocycles. The van der Waals surface area contributed by atoms with Crippen LogP contribution in [0.25, 0.3) is 21.2 Å². The lowest BCUT2D eigenvalue weighted by Gasteiger charge is -2.06. The van der Waals surface area contributed by atoms with Crippen LogP contribution in [-0.2, 0) is 11.3 Å². The van der Waals surface area contributed by atoms with Crippen molar-refractivity contribution in [2.75, 3.05) is 13.7 Å². The van der Waals surface area contributed by atoms with Gasteiger partial charge in [0.05, 0.1) is 22.2 Å². The third-order valence-electron chi connectivity index (χ3n) is 4.68. The minimum absolute atomic E-state index is 0.0719. The first kappa shape index (κ1) is 19.3. The number of amides is 1. The van der Waals surface area contributed by atoms with Crippen molar-refractivity contribution < 1.29 is 13.9 Å². The normalized spacial score (nSPS) is 12.2. The van der Waals surface area contributed by atoms with Gasteiger partial charge in [-0.25, -0.2) is 0 Å². The van der Waals surface area contributed by atoms with Gasteiger partial charge in [-0.1, -0.05) is 29.5 Å². The van der Waals surface area contributed by atoms with E-state index in [2.05, 4.69) is 17.1 Å². The Morgan fingerprint density at radius 1 is 1.21 bits per heavy atom. The number of aromatic nitrogens is 1. The van der Waals surface area contributed by atoms with E-state index in [1.54, 1.807) is 31.4 Å². The van der Waals surface area contributed by atoms with E-state index in [9.17, 15) is 9.59 Å². The van der Waals surface area contributed by atoms with Crippen molar-refractivity contribution in [3.63, 3.8) is 0 Å². The molecule has 0 aliphatic rings. The fraction of sp³-hybridized carbons (Fsp3) is 0.227. The second-order valence-corrected chi connectivity index (χ2v) is 7.82. The van der Waals surface area contributed by atoms with Gasteiger partial charge in [-0.05, 0) is 43.2 Å². The van der Waals surface area contributed by atoms with E-state index in [1.165, 1.54) is 17.4 Å². The van der Waals surface area contributed by atoms with Crippen LogP contribution < -0.4 is 10.2 Å². The van der Waals surface area contributed by atoms with E-state index in [0.717, 1.165) is 21.3 Å². The molecule has 4 aromatic rings. The number of rotatable bonds is 4. The highest BCUT2D eigenvalue weighted by molar-refractivity contribution is 7.16. The number of thiazole rings is 1. The molecule has 0 fully saturated rings. The molecule has 0 unspecified atom stereocenters. The van der Waals surface area contributed by atoms with Crippen LogP contribution in [0.2, 0.25) is 0 Å². The Morgan fingerprint density at radius 2 is 2.00 bits per heavy atom. The van der Waals surface area contributed by atoms with Crippen molar-refractivity contribution in [1.82, 2.24) is 4.57 Å². The SMILES string of the molecule is COCCn1c(=NC(=O)c2cc(=O)c3ccccc3o2)sc2c(C)cc(C)cc21. The molecular weight excluding hydrogens is 388 g/mol. The Bertz CT molecular complexity index is 1360. The summed E-state index contributed by atoms with van der Waals surface area (Å²) in [4.78, 5) is 30.0. The molecule has 7 heteroatoms. The van der Waals surface area contributed by atoms with Gasteiger partial charge >= 0.3 is 5.91 Å². The Balaban J connectivity index is 1.88. The summed E-state index contributed by atoms with van der Waals surface area (Å²) in [7, 11) is 1.64. The van der Waals surface area contributed by atoms with E-state index in [0.29, 0.717) is 28.9 Å². The largest absolute Gasteiger partial charge is 0.451 e. The van der Waals surface area contributed by atoms with Crippen LogP contribution in [0.15, 0.2) is 56.7 Å². The molecule has 0 radical (unpaired) electrons. The fourth-order valence-corrected chi connectivity index (χ4v) is 4.45. The number of methoxy groups -OCH3 is 1. The molecule has 29 heavy (non-hydrogen) atoms. The molecule has 1 amide bonds. The van der Waals surface area contributed by atoms with Crippen LogP contribution in [0.5, 0.6) is 0 Å². The summed E-state index contributed by atoms with van der Waals surface area (Å²) in [6, 6.07) is 12.2. The summed E-state index contributed by atoms with van der Waals surface area (Å²) in [6.45, 7) is 5.13. The van der Waals surface area contributed by atoms with Crippen molar-refractivity contribution in [3.05, 3.63) is 74.4 Å². The summed E-state index contributed by atoms with van der Waals surface area (Å²) >= 11 is 1.44. The molecule has 0 aliphatic carbocycles. The molecule has 0 aliphatic heterocycles. The number of para-hydroxylation sites is 1. The van der Waals surface area contributed by atoms with Gasteiger partial charge in [0.15, 0.2) is 16.0 Å². The lowest BCUT2D eigenvalue weighted by Crippen LogP contribution is -2.19. The smallest absolute Gasteiger partial charge is 0.315 e. The van der Waals surface area contributed by atoms with E-state index < -0.39 is 5.91 Å². The summed E-state index contributed by atoms with van der Waals surface area (Å²) in [6.07, 6.45) is 0. The zero-order valence-electron chi connectivity index (χ0n) is 16.4. The molecule has 0 atom stereocenters. The maximum Gasteiger partial charge on any atom is 0.315 e. The first-order valence-corrected chi connectivity index (χ1v) is 10.0. The molecule has 4 rings (SSSR count). The van der Waals surface area contributed by atoms with Crippen molar-refractivity contribution in [2.45, 2.75) is 20.4 Å². The minimum Gasteiger partial charge on any atom is -0.451 e. The minimum atomic E-state index is -0.583. The second kappa shape index (κ2) is 7.77. The molecule has 6 nitrogen and oxygen atoms in total. The average Bonchev–Trinajstić information content (AvgIpc) is 3.03. The Kier molecular flexibility index (Phi) is 5.17. The molecule has 2 aromatic carbocycles. The van der Waals surface area contributed by atoms with E-state index >= 15 is 0 Å². The third kappa shape index (κ3) is 3.66. The number of ether oxygens (including phenoxy) is 1. The van der Waals surface area contributed by atoms with Crippen molar-refractivity contribution in [3.8, 4) is 0 Å². The van der Waals surface area contributed by atoms with Crippen molar-refractivity contribution in [1.29, 1.82) is 0 Å². The zero-order valence-corrected chi connectivity index (χ0v) is 17.2. The molecule has 0 spiro atoms. The third-order valence-corrected chi connectivity index (χ3v) is 5.91. The van der Waals surface area contributed by atoms with Gasteiger partial charge in [-0.3, -0.25) is 9.59 Å². The summed E-state index contributed by atoms with van der Waals surface area (Å²) < 4.78 is 13.9. The summed E-state index contributed by atoms with van der Waals surface area (Å²) in [5.74, 6) is -0.655. The highest BCUT2D eigenvalue weighted by atomic mass is 32.1. The van der Waals surface area contributed by atoms with E-state index in [1.807, 2.05) is 18.4 Å². The molecule has 0 saturated carbocycles. The van der Waals surface area contributed by atoms with Gasteiger partial charge in [0, 0.05) is 19.7 Å². The lowest BCUT2D eigenvalue weighted by molar-refractivity contribution is 0.0971. The number of carbonyl (C=O) groups is 1. The monoisotopic (exact) mass is 408 g/mol. The van der Waals surface area contributed by atoms with Gasteiger partial charge < -0.3 is 13.7 Å². The average molecular weight is 408 g/mol. The van der Waals surface area contributed by atoms with E-state index in [4.69, 9.17) is 9.15 Å². The van der Waals surface area contributed by atoms with Crippen LogP contribution in [-0.4, -0.2) is 24.2 Å². The fourth-order valence-electron chi connectivity index (χ4n) is 3.35. The van der Waals surface area contributed by atoms with Gasteiger partial charge in [0.25, 0.3) is 0 Å². The highest BCUT2D eigenvalue weighted by Gasteiger charge is 2.14. The van der Waals surface area contributed by atoms with Gasteiger partial charge in [0.1, 0.15) is 5.58 Å². The quantitative estimate of drug-likeness (QED) is 0.515. The van der Waals surface area contributed by atoms with Gasteiger partial charge in [-0.15, -0.1) is 0 Å². The first-order chi connectivity index (χ1) is 14.0. The maximum absolute atomic E-state index is 12.8. The number of benzene rings is 2. The second-order valence-electron chi connectivity index (χ2n) is 6.85. The highest BCUT2D eigenvalue weighted by Crippen LogP contribution is 2.23. The summed E-state index contributed by atoms with van der Waals surface area (Å²) in [5.41, 5.74) is 3.38.